The van der Waals surface area contributed by atoms with Crippen LogP contribution in [0.2, 0.25) is 5.02 Å². The Bertz CT molecular complexity index is 522. The van der Waals surface area contributed by atoms with E-state index in [2.05, 4.69) is 10.6 Å². The van der Waals surface area contributed by atoms with Crippen molar-refractivity contribution in [1.29, 1.82) is 0 Å². The van der Waals surface area contributed by atoms with E-state index in [-0.39, 0.29) is 36.7 Å². The number of halogens is 2. The molecule has 0 radical (unpaired) electrons. The summed E-state index contributed by atoms with van der Waals surface area (Å²) in [6.07, 6.45) is 0. The zero-order valence-electron chi connectivity index (χ0n) is 13.0. The monoisotopic (exact) mass is 347 g/mol. The van der Waals surface area contributed by atoms with E-state index in [0.717, 1.165) is 0 Å². The summed E-state index contributed by atoms with van der Waals surface area (Å²) in [5, 5.41) is 5.81. The molecule has 1 aromatic rings. The lowest BCUT2D eigenvalue weighted by Gasteiger charge is -2.12. The van der Waals surface area contributed by atoms with Crippen molar-refractivity contribution in [2.24, 2.45) is 17.6 Å². The third-order valence-electron chi connectivity index (χ3n) is 2.95. The smallest absolute Gasteiger partial charge is 0.252 e. The average molecular weight is 348 g/mol. The molecule has 4 N–H and O–H groups in total. The molecule has 0 aliphatic heterocycles. The second-order valence-corrected chi connectivity index (χ2v) is 5.83. The fourth-order valence-electron chi connectivity index (χ4n) is 1.54. The van der Waals surface area contributed by atoms with E-state index in [4.69, 9.17) is 17.3 Å². The Morgan fingerprint density at radius 2 is 1.91 bits per heavy atom. The third-order valence-corrected chi connectivity index (χ3v) is 3.27. The van der Waals surface area contributed by atoms with Crippen molar-refractivity contribution in [3.63, 3.8) is 0 Å². The van der Waals surface area contributed by atoms with E-state index >= 15 is 0 Å². The average Bonchev–Trinajstić information content (AvgIpc) is 2.43. The van der Waals surface area contributed by atoms with Crippen molar-refractivity contribution in [2.75, 3.05) is 18.4 Å². The number of hydrogen-bond acceptors (Lipinski definition) is 3. The SMILES string of the molecule is CC(C)CNC(=O)c1ccc(NC(=O)C(C)CN)cc1Cl.Cl. The molecule has 1 unspecified atom stereocenters. The van der Waals surface area contributed by atoms with Crippen LogP contribution in [0.3, 0.4) is 0 Å². The van der Waals surface area contributed by atoms with E-state index in [9.17, 15) is 9.59 Å². The summed E-state index contributed by atoms with van der Waals surface area (Å²) in [5.41, 5.74) is 6.38. The molecular weight excluding hydrogens is 325 g/mol. The molecule has 1 atom stereocenters. The fraction of sp³-hybridized carbons (Fsp3) is 0.467. The number of nitrogens with one attached hydrogen (secondary N) is 2. The van der Waals surface area contributed by atoms with Crippen LogP contribution in [0.25, 0.3) is 0 Å². The molecule has 0 aliphatic rings. The van der Waals surface area contributed by atoms with E-state index < -0.39 is 0 Å². The van der Waals surface area contributed by atoms with Crippen LogP contribution in [0.1, 0.15) is 31.1 Å². The van der Waals surface area contributed by atoms with Crippen molar-refractivity contribution < 1.29 is 9.59 Å². The van der Waals surface area contributed by atoms with Crippen LogP contribution in [0.4, 0.5) is 5.69 Å². The Morgan fingerprint density at radius 1 is 1.27 bits per heavy atom. The van der Waals surface area contributed by atoms with Crippen molar-refractivity contribution in [3.8, 4) is 0 Å². The van der Waals surface area contributed by atoms with Crippen LogP contribution < -0.4 is 16.4 Å². The first kappa shape index (κ1) is 20.7. The molecule has 1 aromatic carbocycles. The van der Waals surface area contributed by atoms with Gasteiger partial charge in [-0.3, -0.25) is 9.59 Å². The minimum atomic E-state index is -0.280. The van der Waals surface area contributed by atoms with Crippen molar-refractivity contribution in [1.82, 2.24) is 5.32 Å². The van der Waals surface area contributed by atoms with Crippen molar-refractivity contribution >= 4 is 41.5 Å². The molecule has 22 heavy (non-hydrogen) atoms. The highest BCUT2D eigenvalue weighted by atomic mass is 35.5. The van der Waals surface area contributed by atoms with Gasteiger partial charge in [0.1, 0.15) is 0 Å². The van der Waals surface area contributed by atoms with Crippen LogP contribution >= 0.6 is 24.0 Å². The van der Waals surface area contributed by atoms with Crippen molar-refractivity contribution in [2.45, 2.75) is 20.8 Å². The molecule has 0 aliphatic carbocycles. The summed E-state index contributed by atoms with van der Waals surface area (Å²) in [6.45, 7) is 6.62. The zero-order chi connectivity index (χ0) is 16.0. The molecular formula is C15H23Cl2N3O2. The van der Waals surface area contributed by atoms with Gasteiger partial charge in [-0.05, 0) is 24.1 Å². The summed E-state index contributed by atoms with van der Waals surface area (Å²) in [6, 6.07) is 4.81. The van der Waals surface area contributed by atoms with Gasteiger partial charge in [-0.15, -0.1) is 12.4 Å². The molecule has 0 bridgehead atoms. The Labute approximate surface area is 142 Å². The van der Waals surface area contributed by atoms with Gasteiger partial charge in [-0.1, -0.05) is 32.4 Å². The number of nitrogens with two attached hydrogens (primary N) is 1. The maximum Gasteiger partial charge on any atom is 0.252 e. The summed E-state index contributed by atoms with van der Waals surface area (Å²) in [5.74, 6) is -0.311. The maximum absolute atomic E-state index is 12.0. The van der Waals surface area contributed by atoms with Crippen LogP contribution in [0.5, 0.6) is 0 Å². The van der Waals surface area contributed by atoms with E-state index in [1.54, 1.807) is 25.1 Å². The highest BCUT2D eigenvalue weighted by molar-refractivity contribution is 6.34. The number of carbonyl (C=O) groups excluding carboxylic acids is 2. The van der Waals surface area contributed by atoms with Gasteiger partial charge in [-0.2, -0.15) is 0 Å². The second-order valence-electron chi connectivity index (χ2n) is 5.42. The predicted octanol–water partition coefficient (Wildman–Crippen LogP) is 2.68. The topological polar surface area (TPSA) is 84.2 Å². The lowest BCUT2D eigenvalue weighted by molar-refractivity contribution is -0.119. The lowest BCUT2D eigenvalue weighted by Crippen LogP contribution is -2.28. The lowest BCUT2D eigenvalue weighted by atomic mass is 10.1. The number of anilines is 1. The standard InChI is InChI=1S/C15H22ClN3O2.ClH/c1-9(2)8-18-15(21)12-5-4-11(6-13(12)16)19-14(20)10(3)7-17;/h4-6,9-10H,7-8,17H2,1-3H3,(H,18,21)(H,19,20);1H. The van der Waals surface area contributed by atoms with Gasteiger partial charge in [-0.25, -0.2) is 0 Å². The molecule has 0 spiro atoms. The Kier molecular flexibility index (Phi) is 9.09. The number of hydrogen-bond donors (Lipinski definition) is 3. The van der Waals surface area contributed by atoms with Gasteiger partial charge in [0.2, 0.25) is 5.91 Å². The highest BCUT2D eigenvalue weighted by Gasteiger charge is 2.14. The fourth-order valence-corrected chi connectivity index (χ4v) is 1.81. The zero-order valence-corrected chi connectivity index (χ0v) is 14.6. The summed E-state index contributed by atoms with van der Waals surface area (Å²) in [4.78, 5) is 23.7. The number of amides is 2. The summed E-state index contributed by atoms with van der Waals surface area (Å²) < 4.78 is 0. The van der Waals surface area contributed by atoms with Crippen LogP contribution in [-0.4, -0.2) is 24.9 Å². The van der Waals surface area contributed by atoms with Gasteiger partial charge < -0.3 is 16.4 Å². The minimum absolute atomic E-state index is 0. The van der Waals surface area contributed by atoms with Crippen molar-refractivity contribution in [3.05, 3.63) is 28.8 Å². The second kappa shape index (κ2) is 9.66. The molecule has 5 nitrogen and oxygen atoms in total. The number of rotatable bonds is 6. The third kappa shape index (κ3) is 6.22. The highest BCUT2D eigenvalue weighted by Crippen LogP contribution is 2.21. The van der Waals surface area contributed by atoms with E-state index in [1.165, 1.54) is 0 Å². The van der Waals surface area contributed by atoms with E-state index in [1.807, 2.05) is 13.8 Å². The minimum Gasteiger partial charge on any atom is -0.352 e. The van der Waals surface area contributed by atoms with Crippen LogP contribution in [-0.2, 0) is 4.79 Å². The molecule has 0 fully saturated rings. The largest absolute Gasteiger partial charge is 0.352 e. The Morgan fingerprint density at radius 3 is 2.41 bits per heavy atom. The molecule has 2 amide bonds. The van der Waals surface area contributed by atoms with Gasteiger partial charge in [0.15, 0.2) is 0 Å². The first-order chi connectivity index (χ1) is 9.85. The maximum atomic E-state index is 12.0. The Balaban J connectivity index is 0.00000441. The number of carbonyl (C=O) groups is 2. The molecule has 124 valence electrons. The number of benzene rings is 1. The molecule has 1 rings (SSSR count). The summed E-state index contributed by atoms with van der Waals surface area (Å²) in [7, 11) is 0. The van der Waals surface area contributed by atoms with Gasteiger partial charge in [0, 0.05) is 24.7 Å². The molecule has 0 heterocycles. The summed E-state index contributed by atoms with van der Waals surface area (Å²) >= 11 is 6.10. The van der Waals surface area contributed by atoms with Gasteiger partial charge in [0.25, 0.3) is 5.91 Å². The van der Waals surface area contributed by atoms with Crippen LogP contribution in [0, 0.1) is 11.8 Å². The molecule has 0 saturated carbocycles. The van der Waals surface area contributed by atoms with Gasteiger partial charge >= 0.3 is 0 Å². The molecule has 0 saturated heterocycles. The molecule has 0 aromatic heterocycles. The van der Waals surface area contributed by atoms with Crippen LogP contribution in [0.15, 0.2) is 18.2 Å². The predicted molar refractivity (Wildman–Crippen MR) is 92.7 cm³/mol. The quantitative estimate of drug-likeness (QED) is 0.739. The Hall–Kier alpha value is -1.30. The first-order valence-corrected chi connectivity index (χ1v) is 7.31. The first-order valence-electron chi connectivity index (χ1n) is 6.93. The normalized spacial score (nSPS) is 11.5. The molecule has 7 heteroatoms. The van der Waals surface area contributed by atoms with Gasteiger partial charge in [0.05, 0.1) is 10.6 Å². The van der Waals surface area contributed by atoms with E-state index in [0.29, 0.717) is 28.7 Å².